The van der Waals surface area contributed by atoms with Crippen LogP contribution in [0.4, 0.5) is 5.69 Å². The Balaban J connectivity index is 1.77. The standard InChI is InChI=1S/C21H26N4O2/c1-17(15-27-16-18-8-4-3-5-9-18)21-23-22-12-6-10-19(14-24(21)2)25-13-7-11-20(25)26/h3-6,8-10,12,14,17H,7,11,13,15-16H2,1-2H3. The summed E-state index contributed by atoms with van der Waals surface area (Å²) in [6.07, 6.45) is 5.09. The summed E-state index contributed by atoms with van der Waals surface area (Å²) < 4.78 is 7.80. The van der Waals surface area contributed by atoms with E-state index in [4.69, 9.17) is 4.74 Å². The molecule has 1 amide bonds. The first kappa shape index (κ1) is 19.0. The third-order valence-corrected chi connectivity index (χ3v) is 4.57. The summed E-state index contributed by atoms with van der Waals surface area (Å²) in [5.41, 5.74) is 2.00. The number of carbonyl (C=O) groups excluding carboxylic acids is 1. The van der Waals surface area contributed by atoms with Crippen LogP contribution in [-0.4, -0.2) is 33.8 Å². The Morgan fingerprint density at radius 2 is 2.00 bits per heavy atom. The Hall–Kier alpha value is -2.73. The summed E-state index contributed by atoms with van der Waals surface area (Å²) in [6, 6.07) is 13.8. The van der Waals surface area contributed by atoms with Crippen LogP contribution >= 0.6 is 0 Å². The van der Waals surface area contributed by atoms with E-state index in [9.17, 15) is 4.79 Å². The van der Waals surface area contributed by atoms with Crippen LogP contribution in [0, 0.1) is 0 Å². The maximum Gasteiger partial charge on any atom is 0.227 e. The number of aryl methyl sites for hydroxylation is 1. The third kappa shape index (κ3) is 5.14. The van der Waals surface area contributed by atoms with Gasteiger partial charge in [-0.1, -0.05) is 37.3 Å². The minimum absolute atomic E-state index is 0.0562. The molecule has 2 heterocycles. The summed E-state index contributed by atoms with van der Waals surface area (Å²) in [7, 11) is 1.93. The molecule has 6 nitrogen and oxygen atoms in total. The number of benzene rings is 1. The molecular formula is C21H26N4O2. The zero-order chi connectivity index (χ0) is 19.1. The molecule has 0 saturated carbocycles. The number of rotatable bonds is 6. The summed E-state index contributed by atoms with van der Waals surface area (Å²) in [5, 5.41) is 8.49. The van der Waals surface area contributed by atoms with Gasteiger partial charge in [0, 0.05) is 38.3 Å². The molecule has 2 aromatic rings. The second-order valence-electron chi connectivity index (χ2n) is 6.80. The Kier molecular flexibility index (Phi) is 6.54. The minimum atomic E-state index is 0.0562. The van der Waals surface area contributed by atoms with Crippen molar-refractivity contribution in [1.82, 2.24) is 14.8 Å². The lowest BCUT2D eigenvalue weighted by molar-refractivity contribution is -0.117. The molecule has 0 aliphatic carbocycles. The van der Waals surface area contributed by atoms with Crippen molar-refractivity contribution >= 4 is 11.6 Å². The highest BCUT2D eigenvalue weighted by Gasteiger charge is 2.21. The molecule has 1 aromatic heterocycles. The molecule has 0 radical (unpaired) electrons. The maximum absolute atomic E-state index is 12.1. The average molecular weight is 366 g/mol. The normalized spacial score (nSPS) is 14.9. The molecule has 1 aliphatic rings. The van der Waals surface area contributed by atoms with Crippen molar-refractivity contribution in [3.63, 3.8) is 0 Å². The number of hydrogen-bond donors (Lipinski definition) is 0. The minimum Gasteiger partial charge on any atom is -0.376 e. The van der Waals surface area contributed by atoms with Crippen molar-refractivity contribution < 1.29 is 9.53 Å². The second-order valence-corrected chi connectivity index (χ2v) is 6.80. The molecule has 27 heavy (non-hydrogen) atoms. The van der Waals surface area contributed by atoms with Crippen LogP contribution in [-0.2, 0) is 23.2 Å². The zero-order valence-electron chi connectivity index (χ0n) is 15.9. The lowest BCUT2D eigenvalue weighted by Gasteiger charge is -2.17. The predicted molar refractivity (Wildman–Crippen MR) is 105 cm³/mol. The van der Waals surface area contributed by atoms with Crippen LogP contribution < -0.4 is 4.90 Å². The number of carbonyl (C=O) groups is 1. The monoisotopic (exact) mass is 366 g/mol. The van der Waals surface area contributed by atoms with Crippen LogP contribution in [0.3, 0.4) is 0 Å². The quantitative estimate of drug-likeness (QED) is 0.786. The topological polar surface area (TPSA) is 60.3 Å². The van der Waals surface area contributed by atoms with E-state index >= 15 is 0 Å². The molecule has 1 fully saturated rings. The molecule has 1 aliphatic heterocycles. The number of aromatic nitrogens is 3. The SMILES string of the molecule is CC(COCc1ccccc1)c1nncccc(N2CCCC2=O)cn1C. The van der Waals surface area contributed by atoms with E-state index in [0.29, 0.717) is 19.6 Å². The van der Waals surface area contributed by atoms with E-state index in [1.165, 1.54) is 0 Å². The van der Waals surface area contributed by atoms with E-state index in [-0.39, 0.29) is 11.8 Å². The highest BCUT2D eigenvalue weighted by Crippen LogP contribution is 2.20. The molecule has 1 aromatic carbocycles. The van der Waals surface area contributed by atoms with Gasteiger partial charge in [-0.25, -0.2) is 0 Å². The van der Waals surface area contributed by atoms with E-state index in [2.05, 4.69) is 17.1 Å². The van der Waals surface area contributed by atoms with Crippen molar-refractivity contribution in [1.29, 1.82) is 0 Å². The fourth-order valence-corrected chi connectivity index (χ4v) is 3.18. The van der Waals surface area contributed by atoms with E-state index < -0.39 is 0 Å². The van der Waals surface area contributed by atoms with E-state index in [1.54, 1.807) is 6.20 Å². The van der Waals surface area contributed by atoms with Gasteiger partial charge in [-0.2, -0.15) is 5.10 Å². The molecule has 1 atom stereocenters. The van der Waals surface area contributed by atoms with E-state index in [0.717, 1.165) is 30.0 Å². The van der Waals surface area contributed by atoms with Crippen molar-refractivity contribution in [2.45, 2.75) is 32.3 Å². The van der Waals surface area contributed by atoms with Crippen molar-refractivity contribution in [3.05, 3.63) is 66.2 Å². The summed E-state index contributed by atoms with van der Waals surface area (Å²) in [6.45, 7) is 3.92. The highest BCUT2D eigenvalue weighted by atomic mass is 16.5. The van der Waals surface area contributed by atoms with Gasteiger partial charge in [0.15, 0.2) is 0 Å². The smallest absolute Gasteiger partial charge is 0.227 e. The number of amides is 1. The van der Waals surface area contributed by atoms with Gasteiger partial charge in [-0.05, 0) is 24.1 Å². The van der Waals surface area contributed by atoms with Crippen LogP contribution in [0.25, 0.3) is 0 Å². The Morgan fingerprint density at radius 1 is 1.19 bits per heavy atom. The molecule has 6 heteroatoms. The molecule has 142 valence electrons. The number of nitrogens with zero attached hydrogens (tertiary/aromatic N) is 4. The average Bonchev–Trinajstić information content (AvgIpc) is 3.12. The van der Waals surface area contributed by atoms with Gasteiger partial charge in [-0.3, -0.25) is 4.79 Å². The van der Waals surface area contributed by atoms with Crippen molar-refractivity contribution in [2.24, 2.45) is 7.05 Å². The zero-order valence-corrected chi connectivity index (χ0v) is 15.9. The second kappa shape index (κ2) is 9.28. The van der Waals surface area contributed by atoms with Gasteiger partial charge < -0.3 is 14.2 Å². The van der Waals surface area contributed by atoms with Gasteiger partial charge >= 0.3 is 0 Å². The number of ether oxygens (including phenoxy) is 1. The third-order valence-electron chi connectivity index (χ3n) is 4.57. The van der Waals surface area contributed by atoms with Gasteiger partial charge in [0.05, 0.1) is 18.9 Å². The first-order valence-electron chi connectivity index (χ1n) is 9.29. The first-order chi connectivity index (χ1) is 13.1. The van der Waals surface area contributed by atoms with Gasteiger partial charge in [0.2, 0.25) is 5.91 Å². The Bertz CT molecular complexity index is 818. The van der Waals surface area contributed by atoms with E-state index in [1.807, 2.05) is 65.2 Å². The fourth-order valence-electron chi connectivity index (χ4n) is 3.18. The van der Waals surface area contributed by atoms with Crippen molar-refractivity contribution in [3.8, 4) is 0 Å². The van der Waals surface area contributed by atoms with Crippen molar-refractivity contribution in [2.75, 3.05) is 18.1 Å². The Morgan fingerprint density at radius 3 is 2.74 bits per heavy atom. The fraction of sp³-hybridized carbons (Fsp3) is 0.381. The largest absolute Gasteiger partial charge is 0.376 e. The van der Waals surface area contributed by atoms with Gasteiger partial charge in [0.1, 0.15) is 5.82 Å². The number of anilines is 1. The van der Waals surface area contributed by atoms with Gasteiger partial charge in [-0.15, -0.1) is 5.10 Å². The van der Waals surface area contributed by atoms with Crippen LogP contribution in [0.1, 0.15) is 37.1 Å². The van der Waals surface area contributed by atoms with Crippen LogP contribution in [0.5, 0.6) is 0 Å². The molecule has 1 unspecified atom stereocenters. The number of hydrogen-bond acceptors (Lipinski definition) is 4. The molecule has 3 rings (SSSR count). The van der Waals surface area contributed by atoms with Crippen LogP contribution in [0.2, 0.25) is 0 Å². The first-order valence-corrected chi connectivity index (χ1v) is 9.29. The highest BCUT2D eigenvalue weighted by molar-refractivity contribution is 5.95. The molecule has 1 saturated heterocycles. The lowest BCUT2D eigenvalue weighted by Crippen LogP contribution is -2.24. The molecule has 0 bridgehead atoms. The lowest BCUT2D eigenvalue weighted by atomic mass is 10.2. The van der Waals surface area contributed by atoms with Crippen LogP contribution in [0.15, 0.2) is 54.9 Å². The summed E-state index contributed by atoms with van der Waals surface area (Å²) >= 11 is 0. The maximum atomic E-state index is 12.1. The molecule has 0 spiro atoms. The summed E-state index contributed by atoms with van der Waals surface area (Å²) in [5.74, 6) is 1.01. The predicted octanol–water partition coefficient (Wildman–Crippen LogP) is 3.39. The van der Waals surface area contributed by atoms with Gasteiger partial charge in [0.25, 0.3) is 0 Å². The summed E-state index contributed by atoms with van der Waals surface area (Å²) in [4.78, 5) is 13.9. The molecule has 0 N–H and O–H groups in total. The molecular weight excluding hydrogens is 340 g/mol. The Labute approximate surface area is 160 Å².